The number of rotatable bonds is 0. The van der Waals surface area contributed by atoms with Crippen LogP contribution in [0.15, 0.2) is 0 Å². The molecule has 3 heteroatoms. The molecule has 12 heavy (non-hydrogen) atoms. The van der Waals surface area contributed by atoms with Gasteiger partial charge in [-0.3, -0.25) is 4.79 Å². The lowest BCUT2D eigenvalue weighted by molar-refractivity contribution is 0.116. The van der Waals surface area contributed by atoms with E-state index in [2.05, 4.69) is 20.8 Å². The van der Waals surface area contributed by atoms with Gasteiger partial charge >= 0.3 is 5.37 Å². The maximum atomic E-state index is 11.0. The second-order valence-corrected chi connectivity index (χ2v) is 4.29. The Bertz CT molecular complexity index is 183. The molecule has 0 aromatic heterocycles. The molecule has 0 aliphatic carbocycles. The SMILES string of the molecule is CC1CC(C)C(C)N(C(=O)Cl)C1. The molecule has 0 bridgehead atoms. The number of piperidine rings is 1. The molecule has 0 radical (unpaired) electrons. The standard InChI is InChI=1S/C9H16ClNO/c1-6-4-7(2)8(3)11(5-6)9(10)12/h6-8H,4-5H2,1-3H3. The highest BCUT2D eigenvalue weighted by Crippen LogP contribution is 2.27. The van der Waals surface area contributed by atoms with Crippen LogP contribution in [-0.2, 0) is 0 Å². The number of hydrogen-bond donors (Lipinski definition) is 0. The van der Waals surface area contributed by atoms with Crippen molar-refractivity contribution in [3.05, 3.63) is 0 Å². The molecule has 1 aliphatic rings. The average Bonchev–Trinajstić information content (AvgIpc) is 1.96. The molecule has 0 spiro atoms. The van der Waals surface area contributed by atoms with E-state index < -0.39 is 0 Å². The quantitative estimate of drug-likeness (QED) is 0.424. The van der Waals surface area contributed by atoms with E-state index in [0.717, 1.165) is 6.54 Å². The van der Waals surface area contributed by atoms with Gasteiger partial charge in [-0.25, -0.2) is 0 Å². The molecular formula is C9H16ClNO. The zero-order valence-electron chi connectivity index (χ0n) is 7.88. The van der Waals surface area contributed by atoms with Crippen molar-refractivity contribution in [3.8, 4) is 0 Å². The Hall–Kier alpha value is -0.240. The number of amides is 1. The molecule has 1 rings (SSSR count). The summed E-state index contributed by atoms with van der Waals surface area (Å²) in [6.07, 6.45) is 1.20. The fourth-order valence-corrected chi connectivity index (χ4v) is 2.17. The minimum Gasteiger partial charge on any atom is -0.326 e. The molecule has 1 saturated heterocycles. The number of hydrogen-bond acceptors (Lipinski definition) is 1. The summed E-state index contributed by atoms with van der Waals surface area (Å²) >= 11 is 5.47. The molecule has 1 heterocycles. The Kier molecular flexibility index (Phi) is 2.99. The predicted molar refractivity (Wildman–Crippen MR) is 50.4 cm³/mol. The molecule has 2 nitrogen and oxygen atoms in total. The molecule has 3 unspecified atom stereocenters. The maximum absolute atomic E-state index is 11.0. The lowest BCUT2D eigenvalue weighted by atomic mass is 9.86. The van der Waals surface area contributed by atoms with Crippen molar-refractivity contribution >= 4 is 17.0 Å². The summed E-state index contributed by atoms with van der Waals surface area (Å²) in [6.45, 7) is 7.22. The second-order valence-electron chi connectivity index (χ2n) is 3.96. The van der Waals surface area contributed by atoms with Crippen molar-refractivity contribution in [2.75, 3.05) is 6.54 Å². The highest BCUT2D eigenvalue weighted by atomic mass is 35.5. The van der Waals surface area contributed by atoms with Gasteiger partial charge in [0.25, 0.3) is 0 Å². The molecule has 0 aromatic rings. The minimum absolute atomic E-state index is 0.297. The van der Waals surface area contributed by atoms with Crippen LogP contribution in [0.1, 0.15) is 27.2 Å². The first-order valence-electron chi connectivity index (χ1n) is 4.48. The summed E-state index contributed by atoms with van der Waals surface area (Å²) in [5.41, 5.74) is 0. The van der Waals surface area contributed by atoms with Crippen LogP contribution in [0, 0.1) is 11.8 Å². The summed E-state index contributed by atoms with van der Waals surface area (Å²) in [6, 6.07) is 0.297. The van der Waals surface area contributed by atoms with Gasteiger partial charge in [0.2, 0.25) is 0 Å². The van der Waals surface area contributed by atoms with E-state index in [-0.39, 0.29) is 5.37 Å². The van der Waals surface area contributed by atoms with Crippen molar-refractivity contribution in [1.82, 2.24) is 4.90 Å². The number of halogens is 1. The highest BCUT2D eigenvalue weighted by Gasteiger charge is 2.30. The average molecular weight is 190 g/mol. The van der Waals surface area contributed by atoms with E-state index in [4.69, 9.17) is 11.6 Å². The van der Waals surface area contributed by atoms with Crippen LogP contribution in [0.3, 0.4) is 0 Å². The first-order chi connectivity index (χ1) is 5.52. The topological polar surface area (TPSA) is 20.3 Å². The third-order valence-electron chi connectivity index (χ3n) is 2.82. The normalized spacial score (nSPS) is 36.7. The molecular weight excluding hydrogens is 174 g/mol. The van der Waals surface area contributed by atoms with E-state index in [1.54, 1.807) is 4.90 Å². The Balaban J connectivity index is 2.66. The van der Waals surface area contributed by atoms with E-state index in [9.17, 15) is 4.79 Å². The molecule has 0 saturated carbocycles. The van der Waals surface area contributed by atoms with E-state index in [1.807, 2.05) is 0 Å². The van der Waals surface area contributed by atoms with Gasteiger partial charge in [-0.15, -0.1) is 0 Å². The fourth-order valence-electron chi connectivity index (χ4n) is 1.95. The molecule has 70 valence electrons. The Labute approximate surface area is 78.9 Å². The monoisotopic (exact) mass is 189 g/mol. The number of carbonyl (C=O) groups is 1. The van der Waals surface area contributed by atoms with Gasteiger partial charge in [-0.1, -0.05) is 13.8 Å². The van der Waals surface area contributed by atoms with Crippen LogP contribution in [0.4, 0.5) is 4.79 Å². The molecule has 1 fully saturated rings. The fraction of sp³-hybridized carbons (Fsp3) is 0.889. The van der Waals surface area contributed by atoms with Crippen LogP contribution in [0.2, 0.25) is 0 Å². The molecule has 1 aliphatic heterocycles. The van der Waals surface area contributed by atoms with Crippen molar-refractivity contribution in [2.45, 2.75) is 33.2 Å². The summed E-state index contributed by atoms with van der Waals surface area (Å²) in [7, 11) is 0. The number of nitrogens with zero attached hydrogens (tertiary/aromatic N) is 1. The maximum Gasteiger partial charge on any atom is 0.316 e. The summed E-state index contributed by atoms with van der Waals surface area (Å²) < 4.78 is 0. The smallest absolute Gasteiger partial charge is 0.316 e. The van der Waals surface area contributed by atoms with Gasteiger partial charge in [0, 0.05) is 12.6 Å². The third-order valence-corrected chi connectivity index (χ3v) is 3.04. The molecule has 0 N–H and O–H groups in total. The predicted octanol–water partition coefficient (Wildman–Crippen LogP) is 2.71. The van der Waals surface area contributed by atoms with Crippen LogP contribution in [0.5, 0.6) is 0 Å². The van der Waals surface area contributed by atoms with Crippen molar-refractivity contribution < 1.29 is 4.79 Å². The lowest BCUT2D eigenvalue weighted by Gasteiger charge is -2.39. The van der Waals surface area contributed by atoms with Crippen molar-refractivity contribution in [3.63, 3.8) is 0 Å². The van der Waals surface area contributed by atoms with Crippen LogP contribution < -0.4 is 0 Å². The van der Waals surface area contributed by atoms with Gasteiger partial charge < -0.3 is 4.90 Å². The largest absolute Gasteiger partial charge is 0.326 e. The van der Waals surface area contributed by atoms with Gasteiger partial charge in [0.1, 0.15) is 0 Å². The molecule has 0 aromatic carbocycles. The molecule has 1 amide bonds. The summed E-state index contributed by atoms with van der Waals surface area (Å²) in [4.78, 5) is 12.8. The number of carbonyl (C=O) groups excluding carboxylic acids is 1. The summed E-state index contributed by atoms with van der Waals surface area (Å²) in [5.74, 6) is 1.15. The Morgan fingerprint density at radius 3 is 2.50 bits per heavy atom. The zero-order chi connectivity index (χ0) is 9.30. The van der Waals surface area contributed by atoms with E-state index in [1.165, 1.54) is 6.42 Å². The van der Waals surface area contributed by atoms with Crippen LogP contribution >= 0.6 is 11.6 Å². The van der Waals surface area contributed by atoms with E-state index >= 15 is 0 Å². The van der Waals surface area contributed by atoms with Crippen LogP contribution in [0.25, 0.3) is 0 Å². The van der Waals surface area contributed by atoms with E-state index in [0.29, 0.717) is 17.9 Å². The van der Waals surface area contributed by atoms with Crippen molar-refractivity contribution in [2.24, 2.45) is 11.8 Å². The minimum atomic E-state index is -0.305. The zero-order valence-corrected chi connectivity index (χ0v) is 8.64. The number of likely N-dealkylation sites (tertiary alicyclic amines) is 1. The summed E-state index contributed by atoms with van der Waals surface area (Å²) in [5, 5.41) is -0.305. The Morgan fingerprint density at radius 2 is 2.00 bits per heavy atom. The first-order valence-corrected chi connectivity index (χ1v) is 4.86. The van der Waals surface area contributed by atoms with Gasteiger partial charge in [-0.2, -0.15) is 0 Å². The second kappa shape index (κ2) is 3.65. The molecule has 3 atom stereocenters. The highest BCUT2D eigenvalue weighted by molar-refractivity contribution is 6.62. The van der Waals surface area contributed by atoms with Gasteiger partial charge in [-0.05, 0) is 36.8 Å². The van der Waals surface area contributed by atoms with Crippen molar-refractivity contribution in [1.29, 1.82) is 0 Å². The third kappa shape index (κ3) is 1.92. The Morgan fingerprint density at radius 1 is 1.42 bits per heavy atom. The lowest BCUT2D eigenvalue weighted by Crippen LogP contribution is -2.46. The van der Waals surface area contributed by atoms with Gasteiger partial charge in [0.05, 0.1) is 0 Å². The van der Waals surface area contributed by atoms with Gasteiger partial charge in [0.15, 0.2) is 0 Å². The first kappa shape index (κ1) is 9.85. The van der Waals surface area contributed by atoms with Crippen LogP contribution in [-0.4, -0.2) is 22.9 Å².